The highest BCUT2D eigenvalue weighted by atomic mass is 32.1. The number of aliphatic hydroxyl groups excluding tert-OH is 1. The topological polar surface area (TPSA) is 140 Å². The van der Waals surface area contributed by atoms with Crippen LogP contribution in [0.15, 0.2) is 12.4 Å². The van der Waals surface area contributed by atoms with Crippen LogP contribution in [-0.2, 0) is 22.7 Å². The summed E-state index contributed by atoms with van der Waals surface area (Å²) in [6, 6.07) is 2.27. The van der Waals surface area contributed by atoms with Crippen molar-refractivity contribution < 1.29 is 28.2 Å². The molecule has 2 N–H and O–H groups in total. The molecule has 7 rings (SSSR count). The molecule has 2 saturated heterocycles. The third-order valence-corrected chi connectivity index (χ3v) is 10.8. The van der Waals surface area contributed by atoms with Crippen LogP contribution in [0.4, 0.5) is 24.5 Å². The standard InChI is InChI=1S/C34H38F2N8O4S/c1-17-24(44-9-8-42(5)13-18(44)14-45)6-7-43(17)32-39-11-20-21-15-47-16-22(21)25(27(36)28(20)40-32)29-26-19(10-37)31(41-33(46)48-34(2,3)4)49-30(26)23(35)12-38-29/h11-12,17-18,24,45H,6-9,13-16H2,1-5H3,(H,41,46)/t17-,18-,24-/m0/s1. The van der Waals surface area contributed by atoms with Gasteiger partial charge in [0.15, 0.2) is 11.6 Å². The summed E-state index contributed by atoms with van der Waals surface area (Å²) in [5.74, 6) is -1.00. The SMILES string of the molecule is C[C@H]1[C@@H](N2CCN(C)C[C@H]2CO)CCN1c1ncc2c3c(c(-c4ncc(F)c5sc(NC(=O)OC(C)(C)C)c(C#N)c45)c(F)c2n1)COC3. The number of carbonyl (C=O) groups excluding carboxylic acids is 1. The Labute approximate surface area is 286 Å². The lowest BCUT2D eigenvalue weighted by Crippen LogP contribution is -2.59. The molecule has 3 aromatic heterocycles. The third-order valence-electron chi connectivity index (χ3n) is 9.66. The first kappa shape index (κ1) is 33.4. The van der Waals surface area contributed by atoms with Gasteiger partial charge in [0.05, 0.1) is 42.0 Å². The van der Waals surface area contributed by atoms with Crippen molar-refractivity contribution in [3.8, 4) is 17.3 Å². The number of hydrogen-bond acceptors (Lipinski definition) is 12. The van der Waals surface area contributed by atoms with Crippen molar-refractivity contribution in [2.24, 2.45) is 0 Å². The van der Waals surface area contributed by atoms with E-state index in [1.165, 1.54) is 0 Å². The number of aliphatic hydroxyl groups is 1. The zero-order valence-corrected chi connectivity index (χ0v) is 28.8. The number of piperazine rings is 1. The first-order chi connectivity index (χ1) is 23.4. The molecule has 1 amide bonds. The molecule has 0 spiro atoms. The number of carbonyl (C=O) groups is 1. The number of rotatable bonds is 5. The second kappa shape index (κ2) is 12.7. The number of halogens is 2. The van der Waals surface area contributed by atoms with Crippen molar-refractivity contribution in [1.29, 1.82) is 5.26 Å². The zero-order chi connectivity index (χ0) is 34.8. The molecule has 3 aliphatic heterocycles. The second-order valence-electron chi connectivity index (χ2n) is 13.9. The normalized spacial score (nSPS) is 21.8. The summed E-state index contributed by atoms with van der Waals surface area (Å²) in [6.45, 7) is 10.8. The number of likely N-dealkylation sites (N-methyl/N-ethyl adjacent to an activating group) is 1. The number of benzene rings is 1. The first-order valence-corrected chi connectivity index (χ1v) is 17.1. The monoisotopic (exact) mass is 692 g/mol. The van der Waals surface area contributed by atoms with Crippen molar-refractivity contribution in [2.75, 3.05) is 50.1 Å². The fraction of sp³-hybridized carbons (Fsp3) is 0.500. The Morgan fingerprint density at radius 1 is 1.20 bits per heavy atom. The Bertz CT molecular complexity index is 2010. The summed E-state index contributed by atoms with van der Waals surface area (Å²) in [6.07, 6.45) is 2.67. The maximum atomic E-state index is 17.0. The second-order valence-corrected chi connectivity index (χ2v) is 14.9. The van der Waals surface area contributed by atoms with Gasteiger partial charge in [-0.05, 0) is 52.3 Å². The molecule has 0 radical (unpaired) electrons. The molecule has 4 aromatic rings. The maximum Gasteiger partial charge on any atom is 0.412 e. The van der Waals surface area contributed by atoms with Crippen molar-refractivity contribution in [2.45, 2.75) is 71.1 Å². The number of nitrogens with one attached hydrogen (secondary N) is 1. The number of nitriles is 1. The molecule has 2 fully saturated rings. The highest BCUT2D eigenvalue weighted by molar-refractivity contribution is 7.23. The molecule has 0 bridgehead atoms. The van der Waals surface area contributed by atoms with Crippen LogP contribution < -0.4 is 10.2 Å². The first-order valence-electron chi connectivity index (χ1n) is 16.3. The molecular formula is C34H38F2N8O4S. The fourth-order valence-corrected chi connectivity index (χ4v) is 8.45. The highest BCUT2D eigenvalue weighted by Gasteiger charge is 2.40. The van der Waals surface area contributed by atoms with Crippen molar-refractivity contribution in [3.05, 3.63) is 40.7 Å². The van der Waals surface area contributed by atoms with Gasteiger partial charge in [-0.2, -0.15) is 5.26 Å². The molecule has 49 heavy (non-hydrogen) atoms. The van der Waals surface area contributed by atoms with Crippen LogP contribution in [0.1, 0.15) is 50.8 Å². The summed E-state index contributed by atoms with van der Waals surface area (Å²) >= 11 is 0.856. The number of amides is 1. The van der Waals surface area contributed by atoms with E-state index in [-0.39, 0.29) is 75.4 Å². The Morgan fingerprint density at radius 3 is 2.71 bits per heavy atom. The number of nitrogens with zero attached hydrogens (tertiary/aromatic N) is 7. The minimum absolute atomic E-state index is 0.00785. The molecule has 1 aromatic carbocycles. The molecule has 3 atom stereocenters. The molecule has 12 nitrogen and oxygen atoms in total. The van der Waals surface area contributed by atoms with Gasteiger partial charge >= 0.3 is 6.09 Å². The number of hydrogen-bond donors (Lipinski definition) is 2. The number of aromatic nitrogens is 3. The average Bonchev–Trinajstić information content (AvgIpc) is 3.78. The predicted octanol–water partition coefficient (Wildman–Crippen LogP) is 5.01. The summed E-state index contributed by atoms with van der Waals surface area (Å²) < 4.78 is 43.5. The Morgan fingerprint density at radius 2 is 1.98 bits per heavy atom. The van der Waals surface area contributed by atoms with E-state index < -0.39 is 23.3 Å². The number of anilines is 2. The Balaban J connectivity index is 1.32. The quantitative estimate of drug-likeness (QED) is 0.292. The van der Waals surface area contributed by atoms with Gasteiger partial charge in [0, 0.05) is 66.8 Å². The van der Waals surface area contributed by atoms with E-state index in [2.05, 4.69) is 45.0 Å². The van der Waals surface area contributed by atoms with E-state index in [9.17, 15) is 15.2 Å². The van der Waals surface area contributed by atoms with E-state index in [1.807, 2.05) is 0 Å². The highest BCUT2D eigenvalue weighted by Crippen LogP contribution is 2.46. The molecular weight excluding hydrogens is 654 g/mol. The zero-order valence-electron chi connectivity index (χ0n) is 28.0. The van der Waals surface area contributed by atoms with Gasteiger partial charge in [-0.25, -0.2) is 23.5 Å². The van der Waals surface area contributed by atoms with E-state index in [0.29, 0.717) is 29.0 Å². The smallest absolute Gasteiger partial charge is 0.412 e. The van der Waals surface area contributed by atoms with Crippen molar-refractivity contribution >= 4 is 49.4 Å². The molecule has 3 aliphatic rings. The van der Waals surface area contributed by atoms with Gasteiger partial charge in [0.1, 0.15) is 22.2 Å². The van der Waals surface area contributed by atoms with E-state index in [0.717, 1.165) is 43.6 Å². The summed E-state index contributed by atoms with van der Waals surface area (Å²) in [7, 11) is 2.06. The number of thiophene rings is 1. The van der Waals surface area contributed by atoms with Gasteiger partial charge in [-0.1, -0.05) is 0 Å². The number of fused-ring (bicyclic) bond motifs is 4. The maximum absolute atomic E-state index is 17.0. The van der Waals surface area contributed by atoms with Gasteiger partial charge < -0.3 is 24.4 Å². The molecule has 6 heterocycles. The average molecular weight is 693 g/mol. The van der Waals surface area contributed by atoms with E-state index >= 15 is 8.78 Å². The number of pyridine rings is 1. The number of ether oxygens (including phenoxy) is 2. The molecule has 0 aliphatic carbocycles. The Hall–Kier alpha value is -4.07. The fourth-order valence-electron chi connectivity index (χ4n) is 7.41. The summed E-state index contributed by atoms with van der Waals surface area (Å²) in [5, 5.41) is 23.6. The van der Waals surface area contributed by atoms with E-state index in [1.54, 1.807) is 27.0 Å². The van der Waals surface area contributed by atoms with Gasteiger partial charge in [-0.3, -0.25) is 15.2 Å². The van der Waals surface area contributed by atoms with Gasteiger partial charge in [0.25, 0.3) is 0 Å². The molecule has 15 heteroatoms. The van der Waals surface area contributed by atoms with Crippen LogP contribution in [-0.4, -0.2) is 99.5 Å². The largest absolute Gasteiger partial charge is 0.444 e. The molecule has 0 saturated carbocycles. The van der Waals surface area contributed by atoms with Crippen LogP contribution in [0.25, 0.3) is 32.2 Å². The van der Waals surface area contributed by atoms with Crippen molar-refractivity contribution in [1.82, 2.24) is 24.8 Å². The minimum Gasteiger partial charge on any atom is -0.444 e. The molecule has 258 valence electrons. The van der Waals surface area contributed by atoms with Crippen LogP contribution in [0.2, 0.25) is 0 Å². The van der Waals surface area contributed by atoms with Crippen LogP contribution in [0, 0.1) is 23.0 Å². The van der Waals surface area contributed by atoms with Gasteiger partial charge in [0.2, 0.25) is 5.95 Å². The van der Waals surface area contributed by atoms with Crippen molar-refractivity contribution in [3.63, 3.8) is 0 Å². The lowest BCUT2D eigenvalue weighted by Gasteiger charge is -2.44. The Kier molecular flexibility index (Phi) is 8.65. The van der Waals surface area contributed by atoms with Crippen LogP contribution in [0.5, 0.6) is 0 Å². The summed E-state index contributed by atoms with van der Waals surface area (Å²) in [5.41, 5.74) is 0.581. The van der Waals surface area contributed by atoms with Crippen LogP contribution >= 0.6 is 11.3 Å². The van der Waals surface area contributed by atoms with Gasteiger partial charge in [-0.15, -0.1) is 11.3 Å². The minimum atomic E-state index is -0.807. The summed E-state index contributed by atoms with van der Waals surface area (Å²) in [4.78, 5) is 33.1. The lowest BCUT2D eigenvalue weighted by atomic mass is 9.94. The van der Waals surface area contributed by atoms with Crippen LogP contribution in [0.3, 0.4) is 0 Å². The lowest BCUT2D eigenvalue weighted by molar-refractivity contribution is 0.0196. The van der Waals surface area contributed by atoms with E-state index in [4.69, 9.17) is 19.4 Å². The predicted molar refractivity (Wildman–Crippen MR) is 181 cm³/mol. The molecule has 0 unspecified atom stereocenters. The third kappa shape index (κ3) is 5.85.